The summed E-state index contributed by atoms with van der Waals surface area (Å²) >= 11 is 1.28. The van der Waals surface area contributed by atoms with Crippen LogP contribution in [-0.2, 0) is 4.74 Å². The highest BCUT2D eigenvalue weighted by atomic mass is 32.1. The highest BCUT2D eigenvalue weighted by Crippen LogP contribution is 2.35. The van der Waals surface area contributed by atoms with Gasteiger partial charge in [-0.1, -0.05) is 23.5 Å². The van der Waals surface area contributed by atoms with E-state index < -0.39 is 5.82 Å². The minimum Gasteiger partial charge on any atom is -0.493 e. The molecule has 0 bridgehead atoms. The second-order valence-electron chi connectivity index (χ2n) is 6.67. The lowest BCUT2D eigenvalue weighted by Gasteiger charge is -2.24. The number of thiazole rings is 1. The number of hydrogen-bond acceptors (Lipinski definition) is 6. The number of fused-ring (bicyclic) bond motifs is 1. The molecular weight excluding hydrogens is 395 g/mol. The van der Waals surface area contributed by atoms with Gasteiger partial charge in [0.25, 0.3) is 5.91 Å². The normalized spacial score (nSPS) is 16.2. The number of rotatable bonds is 6. The minimum atomic E-state index is -0.409. The summed E-state index contributed by atoms with van der Waals surface area (Å²) in [6.07, 6.45) is 1.72. The lowest BCUT2D eigenvalue weighted by Crippen LogP contribution is -2.37. The maximum atomic E-state index is 14.2. The third-order valence-electron chi connectivity index (χ3n) is 4.88. The molecule has 29 heavy (non-hydrogen) atoms. The molecule has 1 amide bonds. The molecule has 4 rings (SSSR count). The van der Waals surface area contributed by atoms with Gasteiger partial charge in [-0.05, 0) is 37.1 Å². The Morgan fingerprint density at radius 3 is 2.79 bits per heavy atom. The van der Waals surface area contributed by atoms with Crippen LogP contribution in [0.25, 0.3) is 10.2 Å². The molecule has 2 heterocycles. The molecule has 0 N–H and O–H groups in total. The van der Waals surface area contributed by atoms with E-state index in [-0.39, 0.29) is 17.5 Å². The van der Waals surface area contributed by atoms with Gasteiger partial charge in [0, 0.05) is 6.61 Å². The first-order chi connectivity index (χ1) is 14.1. The van der Waals surface area contributed by atoms with Gasteiger partial charge in [-0.25, -0.2) is 9.37 Å². The number of hydrogen-bond donors (Lipinski definition) is 0. The number of methoxy groups -OCH3 is 2. The number of carbonyl (C=O) groups is 1. The van der Waals surface area contributed by atoms with Crippen LogP contribution >= 0.6 is 11.3 Å². The van der Waals surface area contributed by atoms with Crippen molar-refractivity contribution in [3.63, 3.8) is 0 Å². The lowest BCUT2D eigenvalue weighted by molar-refractivity contribution is 0.0914. The zero-order valence-electron chi connectivity index (χ0n) is 16.2. The maximum absolute atomic E-state index is 14.2. The number of anilines is 1. The van der Waals surface area contributed by atoms with Crippen LogP contribution in [0.1, 0.15) is 23.2 Å². The molecule has 3 aromatic rings. The quantitative estimate of drug-likeness (QED) is 0.600. The van der Waals surface area contributed by atoms with Crippen LogP contribution in [0.2, 0.25) is 0 Å². The Labute approximate surface area is 171 Å². The smallest absolute Gasteiger partial charge is 0.264 e. The van der Waals surface area contributed by atoms with Crippen molar-refractivity contribution in [3.8, 4) is 11.5 Å². The summed E-state index contributed by atoms with van der Waals surface area (Å²) in [7, 11) is 3.01. The Morgan fingerprint density at radius 2 is 2.10 bits per heavy atom. The maximum Gasteiger partial charge on any atom is 0.264 e. The zero-order chi connectivity index (χ0) is 20.4. The van der Waals surface area contributed by atoms with Crippen molar-refractivity contribution in [3.05, 3.63) is 47.8 Å². The van der Waals surface area contributed by atoms with Crippen LogP contribution in [0.4, 0.5) is 9.52 Å². The Hall–Kier alpha value is -2.71. The van der Waals surface area contributed by atoms with E-state index in [1.54, 1.807) is 35.2 Å². The summed E-state index contributed by atoms with van der Waals surface area (Å²) < 4.78 is 31.4. The van der Waals surface area contributed by atoms with Crippen LogP contribution in [0.3, 0.4) is 0 Å². The Kier molecular flexibility index (Phi) is 5.64. The summed E-state index contributed by atoms with van der Waals surface area (Å²) in [5.41, 5.74) is 0.611. The van der Waals surface area contributed by atoms with E-state index in [0.29, 0.717) is 40.0 Å². The van der Waals surface area contributed by atoms with Gasteiger partial charge in [0.15, 0.2) is 16.6 Å². The molecule has 0 aliphatic carbocycles. The minimum absolute atomic E-state index is 0.0904. The first-order valence-electron chi connectivity index (χ1n) is 9.32. The second-order valence-corrected chi connectivity index (χ2v) is 7.68. The number of amides is 1. The largest absolute Gasteiger partial charge is 0.493 e. The van der Waals surface area contributed by atoms with Gasteiger partial charge in [-0.15, -0.1) is 0 Å². The molecule has 1 aliphatic heterocycles. The summed E-state index contributed by atoms with van der Waals surface area (Å²) in [4.78, 5) is 19.5. The van der Waals surface area contributed by atoms with Crippen LogP contribution in [0.15, 0.2) is 36.4 Å². The van der Waals surface area contributed by atoms with Gasteiger partial charge in [-0.3, -0.25) is 9.69 Å². The van der Waals surface area contributed by atoms with Crippen LogP contribution < -0.4 is 14.4 Å². The van der Waals surface area contributed by atoms with Gasteiger partial charge < -0.3 is 14.2 Å². The first-order valence-corrected chi connectivity index (χ1v) is 10.1. The van der Waals surface area contributed by atoms with E-state index >= 15 is 0 Å². The van der Waals surface area contributed by atoms with E-state index in [9.17, 15) is 9.18 Å². The predicted molar refractivity (Wildman–Crippen MR) is 110 cm³/mol. The van der Waals surface area contributed by atoms with E-state index in [1.807, 2.05) is 0 Å². The molecule has 0 radical (unpaired) electrons. The molecule has 0 spiro atoms. The monoisotopic (exact) mass is 416 g/mol. The lowest BCUT2D eigenvalue weighted by atomic mass is 10.1. The van der Waals surface area contributed by atoms with E-state index in [1.165, 1.54) is 31.6 Å². The van der Waals surface area contributed by atoms with Gasteiger partial charge in [-0.2, -0.15) is 0 Å². The molecule has 1 aromatic heterocycles. The van der Waals surface area contributed by atoms with Crippen LogP contribution in [0, 0.1) is 5.82 Å². The summed E-state index contributed by atoms with van der Waals surface area (Å²) in [5.74, 6) is 0.111. The standard InChI is InChI=1S/C21H21FN2O4S/c1-26-16-9-3-7-14(19(16)27-2)20(25)24(12-13-6-5-11-28-13)21-23-18-15(22)8-4-10-17(18)29-21/h3-4,7-10,13H,5-6,11-12H2,1-2H3. The molecule has 2 aromatic carbocycles. The Balaban J connectivity index is 1.77. The molecule has 8 heteroatoms. The van der Waals surface area contributed by atoms with Crippen molar-refractivity contribution in [1.82, 2.24) is 4.98 Å². The topological polar surface area (TPSA) is 60.9 Å². The van der Waals surface area contributed by atoms with Gasteiger partial charge in [0.2, 0.25) is 0 Å². The molecule has 1 saturated heterocycles. The van der Waals surface area contributed by atoms with Crippen molar-refractivity contribution < 1.29 is 23.4 Å². The average Bonchev–Trinajstić information content (AvgIpc) is 3.41. The highest BCUT2D eigenvalue weighted by Gasteiger charge is 2.29. The fraction of sp³-hybridized carbons (Fsp3) is 0.333. The number of halogens is 1. The molecule has 1 unspecified atom stereocenters. The van der Waals surface area contributed by atoms with Crippen molar-refractivity contribution in [2.24, 2.45) is 0 Å². The molecule has 1 aliphatic rings. The van der Waals surface area contributed by atoms with Crippen molar-refractivity contribution in [2.75, 3.05) is 32.3 Å². The number of para-hydroxylation sites is 2. The van der Waals surface area contributed by atoms with Crippen LogP contribution in [-0.4, -0.2) is 44.4 Å². The Bertz CT molecular complexity index is 1030. The van der Waals surface area contributed by atoms with Gasteiger partial charge >= 0.3 is 0 Å². The number of ether oxygens (including phenoxy) is 3. The van der Waals surface area contributed by atoms with Crippen molar-refractivity contribution >= 4 is 32.6 Å². The third-order valence-corrected chi connectivity index (χ3v) is 5.92. The number of benzene rings is 2. The summed E-state index contributed by atoms with van der Waals surface area (Å²) in [6, 6.07) is 9.94. The number of aromatic nitrogens is 1. The van der Waals surface area contributed by atoms with E-state index in [2.05, 4.69) is 4.98 Å². The fourth-order valence-electron chi connectivity index (χ4n) is 3.46. The molecule has 152 valence electrons. The number of nitrogens with zero attached hydrogens (tertiary/aromatic N) is 2. The second kappa shape index (κ2) is 8.34. The van der Waals surface area contributed by atoms with Gasteiger partial charge in [0.05, 0.1) is 37.1 Å². The van der Waals surface area contributed by atoms with E-state index in [4.69, 9.17) is 14.2 Å². The average molecular weight is 416 g/mol. The first kappa shape index (κ1) is 19.6. The molecule has 1 fully saturated rings. The SMILES string of the molecule is COc1cccc(C(=O)N(CC2CCCO2)c2nc3c(F)cccc3s2)c1OC. The summed E-state index contributed by atoms with van der Waals surface area (Å²) in [5, 5.41) is 0.426. The zero-order valence-corrected chi connectivity index (χ0v) is 17.0. The highest BCUT2D eigenvalue weighted by molar-refractivity contribution is 7.22. The van der Waals surface area contributed by atoms with Gasteiger partial charge in [0.1, 0.15) is 11.3 Å². The summed E-state index contributed by atoms with van der Waals surface area (Å²) in [6.45, 7) is 1.00. The molecule has 1 atom stereocenters. The predicted octanol–water partition coefficient (Wildman–Crippen LogP) is 4.28. The van der Waals surface area contributed by atoms with Crippen LogP contribution in [0.5, 0.6) is 11.5 Å². The Morgan fingerprint density at radius 1 is 1.28 bits per heavy atom. The molecule has 0 saturated carbocycles. The van der Waals surface area contributed by atoms with Crippen molar-refractivity contribution in [1.29, 1.82) is 0 Å². The molecular formula is C21H21FN2O4S. The third kappa shape index (κ3) is 3.77. The van der Waals surface area contributed by atoms with E-state index in [0.717, 1.165) is 12.8 Å². The fourth-order valence-corrected chi connectivity index (χ4v) is 4.45. The number of carbonyl (C=O) groups excluding carboxylic acids is 1. The molecule has 6 nitrogen and oxygen atoms in total. The van der Waals surface area contributed by atoms with Crippen molar-refractivity contribution in [2.45, 2.75) is 18.9 Å².